The van der Waals surface area contributed by atoms with E-state index in [0.29, 0.717) is 23.9 Å². The first-order valence-corrected chi connectivity index (χ1v) is 9.38. The van der Waals surface area contributed by atoms with Crippen LogP contribution in [0.25, 0.3) is 22.9 Å². The van der Waals surface area contributed by atoms with Crippen molar-refractivity contribution in [1.82, 2.24) is 20.5 Å². The summed E-state index contributed by atoms with van der Waals surface area (Å²) in [7, 11) is 0. The number of nitrogens with zero attached hydrogens (tertiary/aromatic N) is 3. The lowest BCUT2D eigenvalue weighted by molar-refractivity contribution is 0.0954. The summed E-state index contributed by atoms with van der Waals surface area (Å²) < 4.78 is 5.82. The number of carbonyl (C=O) groups is 1. The van der Waals surface area contributed by atoms with E-state index in [0.717, 1.165) is 28.7 Å². The predicted octanol–water partition coefficient (Wildman–Crippen LogP) is 4.08. The Bertz CT molecular complexity index is 1110. The predicted molar refractivity (Wildman–Crippen MR) is 110 cm³/mol. The van der Waals surface area contributed by atoms with Crippen molar-refractivity contribution in [2.75, 3.05) is 6.54 Å². The fraction of sp³-hybridized carbons (Fsp3) is 0.130. The first-order chi connectivity index (χ1) is 14.2. The number of aryl methyl sites for hydroxylation is 1. The average Bonchev–Trinajstić information content (AvgIpc) is 3.25. The lowest BCUT2D eigenvalue weighted by Gasteiger charge is -2.05. The molecule has 29 heavy (non-hydrogen) atoms. The Balaban J connectivity index is 1.40. The van der Waals surface area contributed by atoms with E-state index >= 15 is 0 Å². The minimum atomic E-state index is -0.119. The van der Waals surface area contributed by atoms with Crippen LogP contribution < -0.4 is 5.32 Å². The summed E-state index contributed by atoms with van der Waals surface area (Å²) in [6.45, 7) is 2.55. The molecule has 0 spiro atoms. The van der Waals surface area contributed by atoms with Crippen molar-refractivity contribution >= 4 is 5.91 Å². The van der Waals surface area contributed by atoms with Crippen LogP contribution in [0.1, 0.15) is 21.5 Å². The SMILES string of the molecule is Cc1ccccc1-c1nnc(-c2ccc(C(=O)NCCc3cccnc3)cc2)o1. The number of nitrogens with one attached hydrogen (secondary N) is 1. The molecule has 2 heterocycles. The van der Waals surface area contributed by atoms with Gasteiger partial charge in [0.15, 0.2) is 0 Å². The number of benzene rings is 2. The summed E-state index contributed by atoms with van der Waals surface area (Å²) in [5.41, 5.74) is 4.42. The Kier molecular flexibility index (Phi) is 5.42. The molecule has 0 unspecified atom stereocenters. The maximum absolute atomic E-state index is 12.3. The Morgan fingerprint density at radius 2 is 1.76 bits per heavy atom. The van der Waals surface area contributed by atoms with Crippen LogP contribution in [0.5, 0.6) is 0 Å². The van der Waals surface area contributed by atoms with Gasteiger partial charge in [0.2, 0.25) is 11.8 Å². The standard InChI is InChI=1S/C23H20N4O2/c1-16-5-2-3-7-20(16)23-27-26-22(29-23)19-10-8-18(9-11-19)21(28)25-14-12-17-6-4-13-24-15-17/h2-11,13,15H,12,14H2,1H3,(H,25,28). The monoisotopic (exact) mass is 384 g/mol. The van der Waals surface area contributed by atoms with Gasteiger partial charge in [0.05, 0.1) is 0 Å². The van der Waals surface area contributed by atoms with Crippen molar-refractivity contribution < 1.29 is 9.21 Å². The third-order valence-electron chi connectivity index (χ3n) is 4.62. The minimum absolute atomic E-state index is 0.119. The highest BCUT2D eigenvalue weighted by molar-refractivity contribution is 5.94. The van der Waals surface area contributed by atoms with E-state index in [9.17, 15) is 4.79 Å². The fourth-order valence-electron chi connectivity index (χ4n) is 2.99. The van der Waals surface area contributed by atoms with Crippen LogP contribution in [0.4, 0.5) is 0 Å². The molecular formula is C23H20N4O2. The molecule has 4 aromatic rings. The Morgan fingerprint density at radius 1 is 0.966 bits per heavy atom. The van der Waals surface area contributed by atoms with Crippen LogP contribution >= 0.6 is 0 Å². The summed E-state index contributed by atoms with van der Waals surface area (Å²) in [5, 5.41) is 11.2. The summed E-state index contributed by atoms with van der Waals surface area (Å²) >= 11 is 0. The second-order valence-electron chi connectivity index (χ2n) is 6.67. The van der Waals surface area contributed by atoms with Crippen LogP contribution in [0.15, 0.2) is 77.5 Å². The van der Waals surface area contributed by atoms with E-state index in [1.54, 1.807) is 24.5 Å². The maximum Gasteiger partial charge on any atom is 0.251 e. The molecule has 6 nitrogen and oxygen atoms in total. The lowest BCUT2D eigenvalue weighted by Crippen LogP contribution is -2.25. The molecule has 0 saturated heterocycles. The molecule has 1 N–H and O–H groups in total. The number of hydrogen-bond acceptors (Lipinski definition) is 5. The number of amides is 1. The number of aromatic nitrogens is 3. The lowest BCUT2D eigenvalue weighted by atomic mass is 10.1. The van der Waals surface area contributed by atoms with E-state index < -0.39 is 0 Å². The van der Waals surface area contributed by atoms with Gasteiger partial charge in [0, 0.05) is 35.6 Å². The molecule has 0 bridgehead atoms. The Hall–Kier alpha value is -3.80. The molecule has 6 heteroatoms. The summed E-state index contributed by atoms with van der Waals surface area (Å²) in [6, 6.07) is 18.9. The molecule has 2 aromatic carbocycles. The zero-order valence-electron chi connectivity index (χ0n) is 16.0. The number of hydrogen-bond donors (Lipinski definition) is 1. The molecule has 0 fully saturated rings. The van der Waals surface area contributed by atoms with Gasteiger partial charge < -0.3 is 9.73 Å². The molecule has 144 valence electrons. The van der Waals surface area contributed by atoms with Crippen LogP contribution in [0.3, 0.4) is 0 Å². The first kappa shape index (κ1) is 18.6. The van der Waals surface area contributed by atoms with E-state index in [1.165, 1.54) is 0 Å². The molecular weight excluding hydrogens is 364 g/mol. The third-order valence-corrected chi connectivity index (χ3v) is 4.62. The largest absolute Gasteiger partial charge is 0.416 e. The van der Waals surface area contributed by atoms with Gasteiger partial charge in [0.1, 0.15) is 0 Å². The highest BCUT2D eigenvalue weighted by atomic mass is 16.4. The van der Waals surface area contributed by atoms with Crippen LogP contribution in [-0.2, 0) is 6.42 Å². The molecule has 0 radical (unpaired) electrons. The van der Waals surface area contributed by atoms with E-state index in [4.69, 9.17) is 4.42 Å². The van der Waals surface area contributed by atoms with Crippen molar-refractivity contribution in [2.24, 2.45) is 0 Å². The number of carbonyl (C=O) groups excluding carboxylic acids is 1. The van der Waals surface area contributed by atoms with Crippen LogP contribution in [0, 0.1) is 6.92 Å². The minimum Gasteiger partial charge on any atom is -0.416 e. The molecule has 0 atom stereocenters. The molecule has 0 aliphatic carbocycles. The van der Waals surface area contributed by atoms with Gasteiger partial charge in [-0.25, -0.2) is 0 Å². The van der Waals surface area contributed by atoms with E-state index in [1.807, 2.05) is 55.5 Å². The normalized spacial score (nSPS) is 10.7. The molecule has 2 aromatic heterocycles. The van der Waals surface area contributed by atoms with Crippen molar-refractivity contribution in [3.05, 3.63) is 89.7 Å². The van der Waals surface area contributed by atoms with Gasteiger partial charge in [-0.15, -0.1) is 10.2 Å². The molecule has 0 aliphatic heterocycles. The highest BCUT2D eigenvalue weighted by Gasteiger charge is 2.13. The average molecular weight is 384 g/mol. The number of rotatable bonds is 6. The van der Waals surface area contributed by atoms with Gasteiger partial charge >= 0.3 is 0 Å². The van der Waals surface area contributed by atoms with Gasteiger partial charge in [-0.3, -0.25) is 9.78 Å². The van der Waals surface area contributed by atoms with Crippen molar-refractivity contribution in [1.29, 1.82) is 0 Å². The summed E-state index contributed by atoms with van der Waals surface area (Å²) in [5.74, 6) is 0.786. The van der Waals surface area contributed by atoms with Gasteiger partial charge in [0.25, 0.3) is 5.91 Å². The second kappa shape index (κ2) is 8.48. The van der Waals surface area contributed by atoms with Crippen LogP contribution in [0.2, 0.25) is 0 Å². The summed E-state index contributed by atoms with van der Waals surface area (Å²) in [6.07, 6.45) is 4.27. The van der Waals surface area contributed by atoms with Crippen molar-refractivity contribution in [2.45, 2.75) is 13.3 Å². The van der Waals surface area contributed by atoms with E-state index in [2.05, 4.69) is 20.5 Å². The van der Waals surface area contributed by atoms with Gasteiger partial charge in [-0.1, -0.05) is 24.3 Å². The summed E-state index contributed by atoms with van der Waals surface area (Å²) in [4.78, 5) is 16.4. The Labute approximate surface area is 168 Å². The smallest absolute Gasteiger partial charge is 0.251 e. The maximum atomic E-state index is 12.3. The second-order valence-corrected chi connectivity index (χ2v) is 6.67. The quantitative estimate of drug-likeness (QED) is 0.542. The molecule has 4 rings (SSSR count). The van der Waals surface area contributed by atoms with Gasteiger partial charge in [-0.05, 0) is 60.9 Å². The van der Waals surface area contributed by atoms with Crippen molar-refractivity contribution in [3.63, 3.8) is 0 Å². The van der Waals surface area contributed by atoms with Crippen LogP contribution in [-0.4, -0.2) is 27.6 Å². The van der Waals surface area contributed by atoms with Gasteiger partial charge in [-0.2, -0.15) is 0 Å². The van der Waals surface area contributed by atoms with Crippen molar-refractivity contribution in [3.8, 4) is 22.9 Å². The molecule has 1 amide bonds. The Morgan fingerprint density at radius 3 is 2.52 bits per heavy atom. The molecule has 0 aliphatic rings. The zero-order chi connectivity index (χ0) is 20.1. The number of pyridine rings is 1. The van der Waals surface area contributed by atoms with E-state index in [-0.39, 0.29) is 5.91 Å². The highest BCUT2D eigenvalue weighted by Crippen LogP contribution is 2.26. The first-order valence-electron chi connectivity index (χ1n) is 9.38. The topological polar surface area (TPSA) is 80.9 Å². The fourth-order valence-corrected chi connectivity index (χ4v) is 2.99. The molecule has 0 saturated carbocycles. The third kappa shape index (κ3) is 4.38. The zero-order valence-corrected chi connectivity index (χ0v) is 16.0.